The van der Waals surface area contributed by atoms with E-state index in [1.165, 1.54) is 40.7 Å². The topological polar surface area (TPSA) is 80.7 Å². The number of allylic oxidation sites excluding steroid dienone is 4. The van der Waals surface area contributed by atoms with Crippen LogP contribution in [-0.2, 0) is 19.1 Å². The molecule has 3 saturated carbocycles. The molecule has 4 aliphatic rings. The van der Waals surface area contributed by atoms with Gasteiger partial charge in [0.05, 0.1) is 11.9 Å². The van der Waals surface area contributed by atoms with Gasteiger partial charge in [-0.1, -0.05) is 47.1 Å². The van der Waals surface area contributed by atoms with Crippen LogP contribution in [0.15, 0.2) is 23.8 Å². The van der Waals surface area contributed by atoms with Crippen molar-refractivity contribution in [3.63, 3.8) is 0 Å². The molecule has 4 aliphatic carbocycles. The predicted molar refractivity (Wildman–Crippen MR) is 128 cm³/mol. The minimum absolute atomic E-state index is 0.0165. The zero-order valence-electron chi connectivity index (χ0n) is 19.9. The first-order chi connectivity index (χ1) is 15.4. The van der Waals surface area contributed by atoms with E-state index >= 15 is 4.39 Å². The summed E-state index contributed by atoms with van der Waals surface area (Å²) in [4.78, 5) is 37.9. The highest BCUT2D eigenvalue weighted by molar-refractivity contribution is 8.76. The lowest BCUT2D eigenvalue weighted by molar-refractivity contribution is -0.226. The second-order valence-corrected chi connectivity index (χ2v) is 13.1. The largest absolute Gasteiger partial charge is 0.450 e. The molecule has 5 nitrogen and oxygen atoms in total. The predicted octanol–water partition coefficient (Wildman–Crippen LogP) is 4.49. The van der Waals surface area contributed by atoms with E-state index in [0.29, 0.717) is 19.3 Å². The summed E-state index contributed by atoms with van der Waals surface area (Å²) in [6.45, 7) is 6.90. The first-order valence-electron chi connectivity index (χ1n) is 11.6. The number of hydrogen-bond donors (Lipinski definition) is 1. The Labute approximate surface area is 202 Å². The minimum Gasteiger partial charge on any atom is -0.450 e. The molecule has 0 saturated heterocycles. The van der Waals surface area contributed by atoms with Crippen LogP contribution in [0.2, 0.25) is 0 Å². The van der Waals surface area contributed by atoms with E-state index in [0.717, 1.165) is 5.57 Å². The lowest BCUT2D eigenvalue weighted by Gasteiger charge is -2.62. The number of aliphatic hydroxyl groups excluding tert-OH is 1. The monoisotopic (exact) mass is 496 g/mol. The van der Waals surface area contributed by atoms with Crippen molar-refractivity contribution >= 4 is 39.1 Å². The fourth-order valence-electron chi connectivity index (χ4n) is 7.85. The van der Waals surface area contributed by atoms with Crippen molar-refractivity contribution in [3.8, 4) is 0 Å². The lowest BCUT2D eigenvalue weighted by atomic mass is 9.44. The van der Waals surface area contributed by atoms with Crippen LogP contribution in [0.4, 0.5) is 4.39 Å². The third-order valence-electron chi connectivity index (χ3n) is 9.21. The van der Waals surface area contributed by atoms with E-state index in [9.17, 15) is 19.5 Å². The van der Waals surface area contributed by atoms with Crippen molar-refractivity contribution in [3.05, 3.63) is 23.8 Å². The summed E-state index contributed by atoms with van der Waals surface area (Å²) in [7, 11) is 2.87. The summed E-state index contributed by atoms with van der Waals surface area (Å²) in [6, 6.07) is 0. The van der Waals surface area contributed by atoms with Gasteiger partial charge in [-0.05, 0) is 56.9 Å². The van der Waals surface area contributed by atoms with E-state index in [-0.39, 0.29) is 35.6 Å². The maximum atomic E-state index is 17.3. The first-order valence-corrected chi connectivity index (χ1v) is 14.3. The number of Topliss-reactive ketones (excluding diaryl/α,β-unsaturated/α-hetero) is 1. The number of halogens is 1. The molecule has 33 heavy (non-hydrogen) atoms. The van der Waals surface area contributed by atoms with E-state index in [2.05, 4.69) is 0 Å². The molecular weight excluding hydrogens is 463 g/mol. The lowest BCUT2D eigenvalue weighted by Crippen LogP contribution is -2.70. The molecule has 0 aromatic heterocycles. The number of fused-ring (bicyclic) bond motifs is 5. The second-order valence-electron chi connectivity index (χ2n) is 10.6. The van der Waals surface area contributed by atoms with Gasteiger partial charge < -0.3 is 9.84 Å². The molecule has 3 fully saturated rings. The Balaban J connectivity index is 1.83. The van der Waals surface area contributed by atoms with Crippen LogP contribution in [0.1, 0.15) is 53.4 Å². The number of carbonyl (C=O) groups excluding carboxylic acids is 3. The van der Waals surface area contributed by atoms with Gasteiger partial charge in [0.15, 0.2) is 22.8 Å². The molecule has 4 rings (SSSR count). The van der Waals surface area contributed by atoms with Crippen molar-refractivity contribution in [2.75, 3.05) is 12.0 Å². The van der Waals surface area contributed by atoms with E-state index in [1.54, 1.807) is 13.0 Å². The molecule has 0 bridgehead atoms. The molecule has 0 unspecified atom stereocenters. The molecule has 1 N–H and O–H groups in total. The number of carbonyl (C=O) groups is 3. The van der Waals surface area contributed by atoms with Gasteiger partial charge in [-0.15, -0.1) is 0 Å². The smallest absolute Gasteiger partial charge is 0.303 e. The molecule has 0 radical (unpaired) electrons. The van der Waals surface area contributed by atoms with Crippen LogP contribution in [0, 0.1) is 28.6 Å². The average Bonchev–Trinajstić information content (AvgIpc) is 2.95. The van der Waals surface area contributed by atoms with E-state index < -0.39 is 40.1 Å². The maximum absolute atomic E-state index is 17.3. The molecule has 0 aromatic rings. The number of aliphatic hydroxyl groups is 1. The Bertz CT molecular complexity index is 949. The quantitative estimate of drug-likeness (QED) is 0.444. The van der Waals surface area contributed by atoms with Crippen LogP contribution in [0.5, 0.6) is 0 Å². The summed E-state index contributed by atoms with van der Waals surface area (Å²) in [5.41, 5.74) is -4.62. The second kappa shape index (κ2) is 8.23. The fourth-order valence-corrected chi connectivity index (χ4v) is 8.96. The maximum Gasteiger partial charge on any atom is 0.303 e. The number of hydrogen-bond acceptors (Lipinski definition) is 7. The molecule has 8 heteroatoms. The highest BCUT2D eigenvalue weighted by Gasteiger charge is 2.77. The zero-order valence-corrected chi connectivity index (χ0v) is 21.5. The van der Waals surface area contributed by atoms with Gasteiger partial charge in [-0.3, -0.25) is 14.4 Å². The van der Waals surface area contributed by atoms with Crippen LogP contribution >= 0.6 is 21.6 Å². The molecule has 182 valence electrons. The van der Waals surface area contributed by atoms with Crippen LogP contribution in [-0.4, -0.2) is 52.0 Å². The Hall–Kier alpha value is -1.12. The Kier molecular flexibility index (Phi) is 6.23. The molecule has 8 atom stereocenters. The highest BCUT2D eigenvalue weighted by atomic mass is 33.1. The summed E-state index contributed by atoms with van der Waals surface area (Å²) >= 11 is 0. The van der Waals surface area contributed by atoms with Gasteiger partial charge in [0, 0.05) is 29.6 Å². The summed E-state index contributed by atoms with van der Waals surface area (Å²) in [5, 5.41) is 11.5. The molecule has 0 spiro atoms. The van der Waals surface area contributed by atoms with Crippen LogP contribution in [0.3, 0.4) is 0 Å². The first kappa shape index (κ1) is 25.0. The van der Waals surface area contributed by atoms with Crippen molar-refractivity contribution in [1.29, 1.82) is 0 Å². The minimum atomic E-state index is -1.97. The molecule has 0 aliphatic heterocycles. The van der Waals surface area contributed by atoms with E-state index in [4.69, 9.17) is 4.74 Å². The van der Waals surface area contributed by atoms with Gasteiger partial charge >= 0.3 is 5.97 Å². The molecule has 0 amide bonds. The molecule has 0 heterocycles. The molecule has 0 aromatic carbocycles. The third-order valence-corrected chi connectivity index (χ3v) is 10.9. The normalized spacial score (nSPS) is 46.2. The Morgan fingerprint density at radius 3 is 2.64 bits per heavy atom. The standard InChI is InChI=1S/C25H33FO5S2/c1-14-10-19-18-7-6-16-11-17(28)8-9-22(16,3)24(18,26)20(29)12-23(19,4)25(14,31-15(2)27)21(30)13-33-32-5/h8-9,11,14,18-20,29H,6-7,10,12-13H2,1-5H3/t14-,18-,19-,20-,22-,23-,24-,25-/m0/s1. The van der Waals surface area contributed by atoms with Gasteiger partial charge in [0.1, 0.15) is 0 Å². The van der Waals surface area contributed by atoms with Gasteiger partial charge in [0.2, 0.25) is 0 Å². The third kappa shape index (κ3) is 3.19. The number of ketones is 2. The number of alkyl halides is 1. The summed E-state index contributed by atoms with van der Waals surface area (Å²) in [5.74, 6) is -1.74. The van der Waals surface area contributed by atoms with Crippen molar-refractivity contribution < 1.29 is 28.6 Å². The fraction of sp³-hybridized carbons (Fsp3) is 0.720. The summed E-state index contributed by atoms with van der Waals surface area (Å²) in [6.07, 6.45) is 6.66. The van der Waals surface area contributed by atoms with Crippen LogP contribution in [0.25, 0.3) is 0 Å². The van der Waals surface area contributed by atoms with Gasteiger partial charge in [0.25, 0.3) is 0 Å². The van der Waals surface area contributed by atoms with Crippen LogP contribution < -0.4 is 0 Å². The number of rotatable bonds is 5. The Morgan fingerprint density at radius 2 is 2.00 bits per heavy atom. The van der Waals surface area contributed by atoms with Crippen molar-refractivity contribution in [2.45, 2.75) is 70.8 Å². The van der Waals surface area contributed by atoms with E-state index in [1.807, 2.05) is 20.1 Å². The molecular formula is C25H33FO5S2. The number of esters is 1. The highest BCUT2D eigenvalue weighted by Crippen LogP contribution is 2.71. The zero-order chi connectivity index (χ0) is 24.4. The van der Waals surface area contributed by atoms with Gasteiger partial charge in [-0.25, -0.2) is 4.39 Å². The summed E-state index contributed by atoms with van der Waals surface area (Å²) < 4.78 is 23.2. The Morgan fingerprint density at radius 1 is 1.30 bits per heavy atom. The van der Waals surface area contributed by atoms with Gasteiger partial charge in [-0.2, -0.15) is 0 Å². The van der Waals surface area contributed by atoms with Crippen molar-refractivity contribution in [1.82, 2.24) is 0 Å². The number of ether oxygens (including phenoxy) is 1. The SMILES string of the molecule is CSSCC(=O)[C@@]1(OC(C)=O)[C@@H](C)C[C@H]2[C@@H]3CCC4=CC(=O)C=C[C@]4(C)[C@@]3(F)[C@@H](O)C[C@@]21C. The average molecular weight is 497 g/mol. The van der Waals surface area contributed by atoms with Crippen molar-refractivity contribution in [2.24, 2.45) is 28.6 Å².